The van der Waals surface area contributed by atoms with E-state index in [1.807, 2.05) is 36.4 Å². The highest BCUT2D eigenvalue weighted by atomic mass is 28.3. The molecule has 2 aliphatic rings. The van der Waals surface area contributed by atoms with Crippen LogP contribution in [0.4, 0.5) is 5.69 Å². The van der Waals surface area contributed by atoms with Crippen LogP contribution in [0.2, 0.25) is 13.1 Å². The van der Waals surface area contributed by atoms with E-state index in [-0.39, 0.29) is 28.8 Å². The molecule has 49 heavy (non-hydrogen) atoms. The molecule has 2 atom stereocenters. The molecule has 4 nitrogen and oxygen atoms in total. The van der Waals surface area contributed by atoms with Crippen LogP contribution in [-0.2, 0) is 14.6 Å². The van der Waals surface area contributed by atoms with Crippen molar-refractivity contribution in [2.24, 2.45) is 17.3 Å². The predicted octanol–water partition coefficient (Wildman–Crippen LogP) is 12.5. The summed E-state index contributed by atoms with van der Waals surface area (Å²) >= 11 is 0. The van der Waals surface area contributed by atoms with Crippen molar-refractivity contribution in [2.75, 3.05) is 5.32 Å². The minimum Gasteiger partial charge on any atom is -0.457 e. The Bertz CT molecular complexity index is 1480. The Kier molecular flexibility index (Phi) is 12.5. The first kappa shape index (κ1) is 37.4. The molecule has 1 fully saturated rings. The summed E-state index contributed by atoms with van der Waals surface area (Å²) in [6.07, 6.45) is 13.8. The Balaban J connectivity index is 1.36. The first-order valence-electron chi connectivity index (χ1n) is 19.2. The van der Waals surface area contributed by atoms with E-state index in [1.165, 1.54) is 63.4 Å². The third-order valence-corrected chi connectivity index (χ3v) is 11.9. The van der Waals surface area contributed by atoms with Crippen molar-refractivity contribution in [1.82, 2.24) is 0 Å². The third kappa shape index (κ3) is 10.1. The summed E-state index contributed by atoms with van der Waals surface area (Å²) in [7, 11) is -1.34. The average Bonchev–Trinajstić information content (AvgIpc) is 3.04. The van der Waals surface area contributed by atoms with Gasteiger partial charge in [-0.05, 0) is 77.9 Å². The zero-order valence-corrected chi connectivity index (χ0v) is 32.9. The van der Waals surface area contributed by atoms with Gasteiger partial charge in [-0.3, -0.25) is 4.79 Å². The number of amides is 1. The van der Waals surface area contributed by atoms with Crippen LogP contribution in [0, 0.1) is 17.3 Å². The molecule has 1 amide bonds. The summed E-state index contributed by atoms with van der Waals surface area (Å²) in [5.74, 6) is 3.12. The molecule has 3 aromatic carbocycles. The molecule has 1 heterocycles. The molecule has 5 rings (SSSR count). The third-order valence-electron chi connectivity index (χ3n) is 11.0. The van der Waals surface area contributed by atoms with Gasteiger partial charge in [-0.1, -0.05) is 141 Å². The normalized spacial score (nSPS) is 16.8. The first-order valence-corrected chi connectivity index (χ1v) is 22.0. The number of unbranched alkanes of at least 4 members (excludes halogenated alkanes) is 1. The van der Waals surface area contributed by atoms with Gasteiger partial charge in [0, 0.05) is 29.2 Å². The summed E-state index contributed by atoms with van der Waals surface area (Å²) in [4.78, 5) is 14.0. The number of anilines is 1. The van der Waals surface area contributed by atoms with Gasteiger partial charge in [-0.25, -0.2) is 0 Å². The van der Waals surface area contributed by atoms with Crippen LogP contribution in [0.5, 0.6) is 11.5 Å². The maximum absolute atomic E-state index is 14.0. The molecule has 2 unspecified atom stereocenters. The Morgan fingerprint density at radius 2 is 1.51 bits per heavy atom. The molecule has 0 aromatic heterocycles. The lowest BCUT2D eigenvalue weighted by molar-refractivity contribution is -0.116. The molecule has 5 heteroatoms. The fraction of sp³-hybridized carbons (Fsp3) is 0.568. The molecule has 0 bridgehead atoms. The molecule has 0 radical (unpaired) electrons. The van der Waals surface area contributed by atoms with E-state index >= 15 is 0 Å². The summed E-state index contributed by atoms with van der Waals surface area (Å²) in [5.41, 5.74) is 5.42. The molecule has 3 aromatic rings. The van der Waals surface area contributed by atoms with E-state index in [2.05, 4.69) is 90.3 Å². The summed E-state index contributed by atoms with van der Waals surface area (Å²) in [6.45, 7) is 18.4. The zero-order chi connectivity index (χ0) is 35.2. The number of fused-ring (bicyclic) bond motifs is 2. The van der Waals surface area contributed by atoms with Crippen molar-refractivity contribution >= 4 is 20.6 Å². The number of hydrogen-bond acceptors (Lipinski definition) is 3. The van der Waals surface area contributed by atoms with Gasteiger partial charge in [0.15, 0.2) is 9.04 Å². The molecule has 0 saturated heterocycles. The van der Waals surface area contributed by atoms with Crippen LogP contribution in [0.1, 0.15) is 146 Å². The van der Waals surface area contributed by atoms with Gasteiger partial charge in [-0.15, -0.1) is 0 Å². The fourth-order valence-corrected chi connectivity index (χ4v) is 9.12. The van der Waals surface area contributed by atoms with E-state index in [1.54, 1.807) is 0 Å². The maximum atomic E-state index is 14.0. The van der Waals surface area contributed by atoms with Crippen molar-refractivity contribution in [3.8, 4) is 11.5 Å². The highest BCUT2D eigenvalue weighted by Gasteiger charge is 2.32. The minimum atomic E-state index is -1.34. The van der Waals surface area contributed by atoms with E-state index in [0.29, 0.717) is 12.3 Å². The Hall–Kier alpha value is -2.89. The van der Waals surface area contributed by atoms with E-state index < -0.39 is 9.04 Å². The average molecular weight is 682 g/mol. The van der Waals surface area contributed by atoms with Crippen LogP contribution >= 0.6 is 0 Å². The van der Waals surface area contributed by atoms with Crippen molar-refractivity contribution < 1.29 is 14.0 Å². The van der Waals surface area contributed by atoms with Crippen LogP contribution in [-0.4, -0.2) is 14.9 Å². The topological polar surface area (TPSA) is 47.6 Å². The number of hydrogen-bond donors (Lipinski definition) is 1. The number of benzene rings is 3. The second-order valence-corrected chi connectivity index (χ2v) is 19.7. The van der Waals surface area contributed by atoms with Crippen LogP contribution in [0.15, 0.2) is 66.7 Å². The Labute approximate surface area is 299 Å². The second kappa shape index (κ2) is 16.4. The number of rotatable bonds is 13. The highest BCUT2D eigenvalue weighted by Crippen LogP contribution is 2.46. The number of carbonyl (C=O) groups is 1. The molecule has 1 saturated carbocycles. The molecular weight excluding hydrogens is 619 g/mol. The van der Waals surface area contributed by atoms with Gasteiger partial charge in [-0.2, -0.15) is 0 Å². The SMILES string of the molecule is C[SiH](C)OC(CC(CCCCC1CCCCC1)C(C)(C)C)c1ccc(C(C)(C)C)c(NC(=O)CC2c3ccccc3Oc3ccccc32)c1. The summed E-state index contributed by atoms with van der Waals surface area (Å²) in [5, 5.41) is 3.41. The van der Waals surface area contributed by atoms with Gasteiger partial charge in [0.2, 0.25) is 5.91 Å². The van der Waals surface area contributed by atoms with Crippen molar-refractivity contribution in [3.05, 3.63) is 89.0 Å². The van der Waals surface area contributed by atoms with Crippen molar-refractivity contribution in [2.45, 2.75) is 143 Å². The van der Waals surface area contributed by atoms with Gasteiger partial charge < -0.3 is 14.5 Å². The molecular formula is C44H63NO3Si. The summed E-state index contributed by atoms with van der Waals surface area (Å²) < 4.78 is 13.1. The van der Waals surface area contributed by atoms with E-state index in [9.17, 15) is 4.79 Å². The monoisotopic (exact) mass is 681 g/mol. The molecule has 266 valence electrons. The van der Waals surface area contributed by atoms with Crippen LogP contribution < -0.4 is 10.1 Å². The quantitative estimate of drug-likeness (QED) is 0.144. The van der Waals surface area contributed by atoms with Gasteiger partial charge in [0.05, 0.1) is 6.10 Å². The number of nitrogens with one attached hydrogen (secondary N) is 1. The standard InChI is InChI=1S/C44H63NO3Si/c1-43(2,3)33(21-13-12-20-31-18-10-9-11-19-31)29-41(48-49(7)8)32-26-27-37(44(4,5)6)38(28-32)45-42(46)30-36-34-22-14-16-24-39(34)47-40-25-17-15-23-35(36)40/h14-17,22-28,31,33,36,41,49H,9-13,18-21,29-30H2,1-8H3,(H,45,46). The number of para-hydroxylation sites is 2. The molecule has 1 N–H and O–H groups in total. The smallest absolute Gasteiger partial charge is 0.225 e. The van der Waals surface area contributed by atoms with Gasteiger partial charge in [0.25, 0.3) is 0 Å². The number of ether oxygens (including phenoxy) is 1. The van der Waals surface area contributed by atoms with E-state index in [0.717, 1.165) is 46.2 Å². The number of carbonyl (C=O) groups excluding carboxylic acids is 1. The van der Waals surface area contributed by atoms with Crippen molar-refractivity contribution in [1.29, 1.82) is 0 Å². The fourth-order valence-electron chi connectivity index (χ4n) is 8.20. The van der Waals surface area contributed by atoms with Gasteiger partial charge in [0.1, 0.15) is 11.5 Å². The lowest BCUT2D eigenvalue weighted by Crippen LogP contribution is -2.26. The first-order chi connectivity index (χ1) is 23.3. The van der Waals surface area contributed by atoms with Gasteiger partial charge >= 0.3 is 0 Å². The minimum absolute atomic E-state index is 0.0143. The predicted molar refractivity (Wildman–Crippen MR) is 208 cm³/mol. The van der Waals surface area contributed by atoms with Crippen molar-refractivity contribution in [3.63, 3.8) is 0 Å². The largest absolute Gasteiger partial charge is 0.457 e. The lowest BCUT2D eigenvalue weighted by Gasteiger charge is -2.35. The molecule has 1 aliphatic carbocycles. The Morgan fingerprint density at radius 3 is 2.10 bits per heavy atom. The van der Waals surface area contributed by atoms with Crippen LogP contribution in [0.25, 0.3) is 0 Å². The zero-order valence-electron chi connectivity index (χ0n) is 31.7. The second-order valence-electron chi connectivity index (χ2n) is 17.3. The molecule has 0 spiro atoms. The highest BCUT2D eigenvalue weighted by molar-refractivity contribution is 6.48. The Morgan fingerprint density at radius 1 is 0.878 bits per heavy atom. The maximum Gasteiger partial charge on any atom is 0.225 e. The lowest BCUT2D eigenvalue weighted by atomic mass is 9.73. The van der Waals surface area contributed by atoms with E-state index in [4.69, 9.17) is 9.16 Å². The molecule has 1 aliphatic heterocycles. The summed E-state index contributed by atoms with van der Waals surface area (Å²) in [6, 6.07) is 22.9. The van der Waals surface area contributed by atoms with Crippen LogP contribution in [0.3, 0.4) is 0 Å².